The van der Waals surface area contributed by atoms with Crippen LogP contribution in [0.1, 0.15) is 30.8 Å². The van der Waals surface area contributed by atoms with Crippen molar-refractivity contribution >= 4 is 34.0 Å². The Labute approximate surface area is 169 Å². The van der Waals surface area contributed by atoms with Crippen molar-refractivity contribution in [3.63, 3.8) is 0 Å². The molecule has 1 unspecified atom stereocenters. The second-order valence-electron chi connectivity index (χ2n) is 7.62. The van der Waals surface area contributed by atoms with Crippen molar-refractivity contribution in [2.45, 2.75) is 25.8 Å². The van der Waals surface area contributed by atoms with Crippen LogP contribution in [0, 0.1) is 0 Å². The van der Waals surface area contributed by atoms with Crippen LogP contribution >= 0.6 is 11.3 Å². The summed E-state index contributed by atoms with van der Waals surface area (Å²) in [5.41, 5.74) is 1.98. The highest BCUT2D eigenvalue weighted by molar-refractivity contribution is 7.09. The van der Waals surface area contributed by atoms with E-state index in [1.807, 2.05) is 18.3 Å². The zero-order chi connectivity index (χ0) is 18.9. The molecule has 146 valence electrons. The Morgan fingerprint density at radius 3 is 2.04 bits per heavy atom. The molecule has 0 spiro atoms. The first-order valence-corrected chi connectivity index (χ1v) is 11.1. The molecule has 2 aliphatic heterocycles. The molecule has 0 bridgehead atoms. The summed E-state index contributed by atoms with van der Waals surface area (Å²) in [7, 11) is 0. The van der Waals surface area contributed by atoms with Crippen molar-refractivity contribution in [2.75, 3.05) is 49.1 Å². The Hall–Kier alpha value is -2.25. The number of rotatable bonds is 4. The summed E-state index contributed by atoms with van der Waals surface area (Å²) in [6.45, 7) is 8.43. The van der Waals surface area contributed by atoms with Gasteiger partial charge in [0.2, 0.25) is 0 Å². The minimum Gasteiger partial charge on any atom is -0.354 e. The summed E-state index contributed by atoms with van der Waals surface area (Å²) in [4.78, 5) is 22.0. The van der Waals surface area contributed by atoms with E-state index in [0.717, 1.165) is 61.9 Å². The molecule has 7 heteroatoms. The fourth-order valence-electron chi connectivity index (χ4n) is 4.25. The summed E-state index contributed by atoms with van der Waals surface area (Å²) in [5, 5.41) is 3.27. The van der Waals surface area contributed by atoms with E-state index in [-0.39, 0.29) is 0 Å². The van der Waals surface area contributed by atoms with Crippen LogP contribution in [0.5, 0.6) is 0 Å². The van der Waals surface area contributed by atoms with E-state index < -0.39 is 0 Å². The van der Waals surface area contributed by atoms with E-state index in [4.69, 9.17) is 9.97 Å². The molecular formula is C21H26N6S. The zero-order valence-electron chi connectivity index (χ0n) is 16.3. The minimum atomic E-state index is 0.378. The molecule has 6 nitrogen and oxygen atoms in total. The topological polar surface area (TPSA) is 48.4 Å². The normalized spacial score (nSPS) is 19.5. The number of anilines is 2. The largest absolute Gasteiger partial charge is 0.354 e. The molecule has 1 aromatic carbocycles. The minimum absolute atomic E-state index is 0.378. The van der Waals surface area contributed by atoms with E-state index in [2.05, 4.69) is 44.1 Å². The first kappa shape index (κ1) is 17.8. The number of para-hydroxylation sites is 2. The SMILES string of the molecule is CC(c1nccs1)N1CCN(c2nc3ccccc3nc2N2CCCC2)CC1. The lowest BCUT2D eigenvalue weighted by Crippen LogP contribution is -2.48. The van der Waals surface area contributed by atoms with Crippen LogP contribution in [0.2, 0.25) is 0 Å². The standard InChI is InChI=1S/C21H26N6S/c1-16(21-22-8-15-28-21)25-11-13-27(14-12-25)20-19(26-9-4-5-10-26)23-17-6-2-3-7-18(17)24-20/h2-3,6-8,15-16H,4-5,9-14H2,1H3. The molecule has 0 N–H and O–H groups in total. The zero-order valence-corrected chi connectivity index (χ0v) is 17.1. The Morgan fingerprint density at radius 2 is 1.46 bits per heavy atom. The number of fused-ring (bicyclic) bond motifs is 1. The van der Waals surface area contributed by atoms with E-state index >= 15 is 0 Å². The van der Waals surface area contributed by atoms with Crippen molar-refractivity contribution in [3.05, 3.63) is 40.8 Å². The van der Waals surface area contributed by atoms with Gasteiger partial charge in [0.15, 0.2) is 11.6 Å². The van der Waals surface area contributed by atoms with Crippen molar-refractivity contribution in [2.24, 2.45) is 0 Å². The number of nitrogens with zero attached hydrogens (tertiary/aromatic N) is 6. The lowest BCUT2D eigenvalue weighted by atomic mass is 10.2. The third kappa shape index (κ3) is 3.33. The van der Waals surface area contributed by atoms with Crippen LogP contribution in [-0.4, -0.2) is 59.1 Å². The van der Waals surface area contributed by atoms with Gasteiger partial charge in [-0.3, -0.25) is 4.90 Å². The number of aromatic nitrogens is 3. The van der Waals surface area contributed by atoms with Crippen LogP contribution in [0.3, 0.4) is 0 Å². The van der Waals surface area contributed by atoms with E-state index in [1.165, 1.54) is 17.8 Å². The lowest BCUT2D eigenvalue weighted by Gasteiger charge is -2.39. The van der Waals surface area contributed by atoms with Gasteiger partial charge in [-0.05, 0) is 31.9 Å². The molecule has 5 rings (SSSR count). The maximum atomic E-state index is 5.06. The average molecular weight is 395 g/mol. The molecule has 0 saturated carbocycles. The average Bonchev–Trinajstić information content (AvgIpc) is 3.47. The first-order valence-electron chi connectivity index (χ1n) is 10.2. The maximum absolute atomic E-state index is 5.06. The molecule has 2 saturated heterocycles. The highest BCUT2D eigenvalue weighted by Crippen LogP contribution is 2.32. The van der Waals surface area contributed by atoms with Gasteiger partial charge in [-0.15, -0.1) is 11.3 Å². The molecule has 1 atom stereocenters. The number of hydrogen-bond donors (Lipinski definition) is 0. The Bertz CT molecular complexity index is 929. The predicted molar refractivity (Wildman–Crippen MR) is 115 cm³/mol. The van der Waals surface area contributed by atoms with Gasteiger partial charge in [0.25, 0.3) is 0 Å². The third-order valence-corrected chi connectivity index (χ3v) is 6.86. The van der Waals surface area contributed by atoms with Gasteiger partial charge in [0.1, 0.15) is 5.01 Å². The van der Waals surface area contributed by atoms with Crippen molar-refractivity contribution < 1.29 is 0 Å². The number of benzene rings is 1. The molecule has 0 aliphatic carbocycles. The van der Waals surface area contributed by atoms with E-state index in [9.17, 15) is 0 Å². The Balaban J connectivity index is 1.40. The molecule has 0 radical (unpaired) electrons. The summed E-state index contributed by atoms with van der Waals surface area (Å²) < 4.78 is 0. The maximum Gasteiger partial charge on any atom is 0.172 e. The molecule has 2 fully saturated rings. The van der Waals surface area contributed by atoms with Crippen molar-refractivity contribution in [3.8, 4) is 0 Å². The number of piperazine rings is 1. The fraction of sp³-hybridized carbons (Fsp3) is 0.476. The molecule has 28 heavy (non-hydrogen) atoms. The molecule has 4 heterocycles. The molecule has 3 aromatic rings. The monoisotopic (exact) mass is 394 g/mol. The smallest absolute Gasteiger partial charge is 0.172 e. The van der Waals surface area contributed by atoms with Gasteiger partial charge in [0, 0.05) is 50.8 Å². The predicted octanol–water partition coefficient (Wildman–Crippen LogP) is 3.57. The number of hydrogen-bond acceptors (Lipinski definition) is 7. The van der Waals surface area contributed by atoms with E-state index in [0.29, 0.717) is 6.04 Å². The summed E-state index contributed by atoms with van der Waals surface area (Å²) in [6.07, 6.45) is 4.39. The second kappa shape index (κ2) is 7.64. The van der Waals surface area contributed by atoms with Crippen LogP contribution in [-0.2, 0) is 0 Å². The van der Waals surface area contributed by atoms with Gasteiger partial charge in [-0.1, -0.05) is 12.1 Å². The van der Waals surface area contributed by atoms with Gasteiger partial charge < -0.3 is 9.80 Å². The van der Waals surface area contributed by atoms with Crippen molar-refractivity contribution in [1.82, 2.24) is 19.9 Å². The van der Waals surface area contributed by atoms with Gasteiger partial charge in [0.05, 0.1) is 17.1 Å². The van der Waals surface area contributed by atoms with Crippen molar-refractivity contribution in [1.29, 1.82) is 0 Å². The van der Waals surface area contributed by atoms with Gasteiger partial charge in [-0.2, -0.15) is 0 Å². The lowest BCUT2D eigenvalue weighted by molar-refractivity contribution is 0.198. The molecular weight excluding hydrogens is 368 g/mol. The summed E-state index contributed by atoms with van der Waals surface area (Å²) >= 11 is 1.75. The summed E-state index contributed by atoms with van der Waals surface area (Å²) in [6, 6.07) is 8.61. The second-order valence-corrected chi connectivity index (χ2v) is 8.55. The van der Waals surface area contributed by atoms with E-state index in [1.54, 1.807) is 11.3 Å². The van der Waals surface area contributed by atoms with Crippen LogP contribution in [0.25, 0.3) is 11.0 Å². The first-order chi connectivity index (χ1) is 13.8. The van der Waals surface area contributed by atoms with Gasteiger partial charge >= 0.3 is 0 Å². The number of thiazole rings is 1. The van der Waals surface area contributed by atoms with Crippen LogP contribution < -0.4 is 9.80 Å². The molecule has 2 aromatic heterocycles. The third-order valence-electron chi connectivity index (χ3n) is 5.91. The molecule has 0 amide bonds. The highest BCUT2D eigenvalue weighted by atomic mass is 32.1. The van der Waals surface area contributed by atoms with Crippen LogP contribution in [0.15, 0.2) is 35.8 Å². The highest BCUT2D eigenvalue weighted by Gasteiger charge is 2.28. The Morgan fingerprint density at radius 1 is 0.857 bits per heavy atom. The quantitative estimate of drug-likeness (QED) is 0.674. The fourth-order valence-corrected chi connectivity index (χ4v) is 4.98. The van der Waals surface area contributed by atoms with Gasteiger partial charge in [-0.25, -0.2) is 15.0 Å². The Kier molecular flexibility index (Phi) is 4.86. The molecule has 2 aliphatic rings. The van der Waals surface area contributed by atoms with Crippen LogP contribution in [0.4, 0.5) is 11.6 Å². The summed E-state index contributed by atoms with van der Waals surface area (Å²) in [5.74, 6) is 2.12.